The van der Waals surface area contributed by atoms with E-state index in [4.69, 9.17) is 10.00 Å². The number of hydrogen-bond acceptors (Lipinski definition) is 3. The summed E-state index contributed by atoms with van der Waals surface area (Å²) in [7, 11) is 0. The average Bonchev–Trinajstić information content (AvgIpc) is 2.44. The number of hydrogen-bond donors (Lipinski definition) is 0. The third-order valence-electron chi connectivity index (χ3n) is 3.67. The molecule has 2 bridgehead atoms. The predicted molar refractivity (Wildman–Crippen MR) is 54.9 cm³/mol. The number of rotatable bonds is 1. The SMILES string of the molecule is CC(C)[C@]12C[C@@H](C#N)[C@](C)(C=CC1=O)O2. The lowest BCUT2D eigenvalue weighted by molar-refractivity contribution is -0.153. The van der Waals surface area contributed by atoms with Gasteiger partial charge in [-0.25, -0.2) is 0 Å². The van der Waals surface area contributed by atoms with Gasteiger partial charge in [-0.3, -0.25) is 4.79 Å². The molecule has 3 heteroatoms. The molecule has 1 fully saturated rings. The minimum atomic E-state index is -0.760. The predicted octanol–water partition coefficient (Wildman–Crippen LogP) is 1.84. The summed E-state index contributed by atoms with van der Waals surface area (Å²) in [4.78, 5) is 11.9. The Balaban J connectivity index is 2.49. The van der Waals surface area contributed by atoms with E-state index < -0.39 is 11.2 Å². The Labute approximate surface area is 89.7 Å². The number of carbonyl (C=O) groups excluding carboxylic acids is 1. The fraction of sp³-hybridized carbons (Fsp3) is 0.667. The van der Waals surface area contributed by atoms with Crippen molar-refractivity contribution in [3.63, 3.8) is 0 Å². The molecular weight excluding hydrogens is 190 g/mol. The van der Waals surface area contributed by atoms with Gasteiger partial charge in [-0.05, 0) is 25.0 Å². The molecule has 0 N–H and O–H groups in total. The molecule has 3 atom stereocenters. The Bertz CT molecular complexity index is 380. The van der Waals surface area contributed by atoms with Crippen LogP contribution in [0.15, 0.2) is 12.2 Å². The van der Waals surface area contributed by atoms with Crippen LogP contribution < -0.4 is 0 Å². The van der Waals surface area contributed by atoms with Gasteiger partial charge in [0.05, 0.1) is 12.0 Å². The van der Waals surface area contributed by atoms with Crippen LogP contribution in [0.3, 0.4) is 0 Å². The van der Waals surface area contributed by atoms with Crippen LogP contribution in [0.4, 0.5) is 0 Å². The second-order valence-electron chi connectivity index (χ2n) is 4.91. The third-order valence-corrected chi connectivity index (χ3v) is 3.67. The van der Waals surface area contributed by atoms with Crippen LogP contribution in [0.5, 0.6) is 0 Å². The van der Waals surface area contributed by atoms with Crippen LogP contribution in [0.2, 0.25) is 0 Å². The summed E-state index contributed by atoms with van der Waals surface area (Å²) in [5.74, 6) is -0.108. The van der Waals surface area contributed by atoms with Gasteiger partial charge < -0.3 is 4.74 Å². The molecule has 0 amide bonds. The van der Waals surface area contributed by atoms with Crippen molar-refractivity contribution in [2.45, 2.75) is 38.4 Å². The smallest absolute Gasteiger partial charge is 0.187 e. The zero-order chi connectivity index (χ0) is 11.3. The number of ketones is 1. The Kier molecular flexibility index (Phi) is 2.03. The highest BCUT2D eigenvalue weighted by molar-refractivity contribution is 5.99. The maximum atomic E-state index is 11.9. The first-order chi connectivity index (χ1) is 6.94. The van der Waals surface area contributed by atoms with Crippen molar-refractivity contribution in [1.82, 2.24) is 0 Å². The lowest BCUT2D eigenvalue weighted by Gasteiger charge is -2.36. The lowest BCUT2D eigenvalue weighted by atomic mass is 9.81. The minimum absolute atomic E-state index is 0.00715. The van der Waals surface area contributed by atoms with Crippen molar-refractivity contribution in [3.8, 4) is 6.07 Å². The largest absolute Gasteiger partial charge is 0.355 e. The van der Waals surface area contributed by atoms with Gasteiger partial charge >= 0.3 is 0 Å². The monoisotopic (exact) mass is 205 g/mol. The molecule has 15 heavy (non-hydrogen) atoms. The highest BCUT2D eigenvalue weighted by atomic mass is 16.5. The van der Waals surface area contributed by atoms with Crippen LogP contribution >= 0.6 is 0 Å². The maximum absolute atomic E-state index is 11.9. The molecule has 0 radical (unpaired) electrons. The molecule has 80 valence electrons. The molecule has 2 aliphatic rings. The zero-order valence-electron chi connectivity index (χ0n) is 9.28. The Morgan fingerprint density at radius 2 is 2.33 bits per heavy atom. The first kappa shape index (κ1) is 10.4. The molecule has 0 spiro atoms. The topological polar surface area (TPSA) is 50.1 Å². The third kappa shape index (κ3) is 1.18. The summed E-state index contributed by atoms with van der Waals surface area (Å²) >= 11 is 0. The van der Waals surface area contributed by atoms with E-state index in [1.54, 1.807) is 12.2 Å². The summed E-state index contributed by atoms with van der Waals surface area (Å²) in [5, 5.41) is 9.09. The van der Waals surface area contributed by atoms with Gasteiger partial charge in [0, 0.05) is 6.42 Å². The molecule has 2 aliphatic heterocycles. The Hall–Kier alpha value is -1.14. The quantitative estimate of drug-likeness (QED) is 0.656. The molecule has 0 aliphatic carbocycles. The van der Waals surface area contributed by atoms with Gasteiger partial charge in [0.2, 0.25) is 0 Å². The number of fused-ring (bicyclic) bond motifs is 2. The normalized spacial score (nSPS) is 43.4. The average molecular weight is 205 g/mol. The highest BCUT2D eigenvalue weighted by Gasteiger charge is 2.59. The van der Waals surface area contributed by atoms with Crippen molar-refractivity contribution >= 4 is 5.78 Å². The maximum Gasteiger partial charge on any atom is 0.187 e. The molecule has 0 saturated carbocycles. The molecule has 0 unspecified atom stereocenters. The van der Waals surface area contributed by atoms with E-state index >= 15 is 0 Å². The molecular formula is C12H15NO2. The first-order valence-corrected chi connectivity index (χ1v) is 5.28. The summed E-state index contributed by atoms with van der Waals surface area (Å²) in [6.07, 6.45) is 3.83. The summed E-state index contributed by atoms with van der Waals surface area (Å²) in [6, 6.07) is 2.25. The lowest BCUT2D eigenvalue weighted by Crippen LogP contribution is -2.47. The van der Waals surface area contributed by atoms with Gasteiger partial charge in [0.15, 0.2) is 5.78 Å². The summed E-state index contributed by atoms with van der Waals surface area (Å²) in [6.45, 7) is 5.82. The summed E-state index contributed by atoms with van der Waals surface area (Å²) < 4.78 is 5.89. The number of nitriles is 1. The molecule has 1 saturated heterocycles. The molecule has 0 aromatic heterocycles. The number of carbonyl (C=O) groups is 1. The van der Waals surface area contributed by atoms with Gasteiger partial charge in [0.25, 0.3) is 0 Å². The van der Waals surface area contributed by atoms with E-state index in [0.717, 1.165) is 0 Å². The Morgan fingerprint density at radius 1 is 1.67 bits per heavy atom. The molecule has 3 nitrogen and oxygen atoms in total. The van der Waals surface area contributed by atoms with Crippen LogP contribution in [0, 0.1) is 23.2 Å². The van der Waals surface area contributed by atoms with E-state index in [-0.39, 0.29) is 17.6 Å². The van der Waals surface area contributed by atoms with E-state index in [1.807, 2.05) is 20.8 Å². The van der Waals surface area contributed by atoms with Crippen molar-refractivity contribution in [2.24, 2.45) is 11.8 Å². The fourth-order valence-electron chi connectivity index (χ4n) is 2.51. The standard InChI is InChI=1S/C12H15NO2/c1-8(2)12-6-9(7-13)11(3,15-12)5-4-10(12)14/h4-5,8-9H,6H2,1-3H3/t9-,11-,12+/m0/s1. The van der Waals surface area contributed by atoms with Crippen LogP contribution in [0.1, 0.15) is 27.2 Å². The zero-order valence-corrected chi connectivity index (χ0v) is 9.28. The van der Waals surface area contributed by atoms with Crippen molar-refractivity contribution < 1.29 is 9.53 Å². The molecule has 0 aromatic carbocycles. The molecule has 2 rings (SSSR count). The minimum Gasteiger partial charge on any atom is -0.355 e. The number of nitrogens with zero attached hydrogens (tertiary/aromatic N) is 1. The van der Waals surface area contributed by atoms with E-state index in [2.05, 4.69) is 6.07 Å². The van der Waals surface area contributed by atoms with Gasteiger partial charge in [0.1, 0.15) is 11.2 Å². The van der Waals surface area contributed by atoms with E-state index in [0.29, 0.717) is 6.42 Å². The first-order valence-electron chi connectivity index (χ1n) is 5.28. The Morgan fingerprint density at radius 3 is 2.80 bits per heavy atom. The van der Waals surface area contributed by atoms with Gasteiger partial charge in [-0.1, -0.05) is 13.8 Å². The van der Waals surface area contributed by atoms with Gasteiger partial charge in [-0.15, -0.1) is 0 Å². The van der Waals surface area contributed by atoms with E-state index in [9.17, 15) is 4.79 Å². The highest BCUT2D eigenvalue weighted by Crippen LogP contribution is 2.49. The second-order valence-corrected chi connectivity index (χ2v) is 4.91. The fourth-order valence-corrected chi connectivity index (χ4v) is 2.51. The molecule has 2 heterocycles. The summed E-state index contributed by atoms with van der Waals surface area (Å²) in [5.41, 5.74) is -1.34. The van der Waals surface area contributed by atoms with Crippen LogP contribution in [-0.4, -0.2) is 17.0 Å². The van der Waals surface area contributed by atoms with Crippen LogP contribution in [-0.2, 0) is 9.53 Å². The second kappa shape index (κ2) is 2.93. The van der Waals surface area contributed by atoms with Crippen molar-refractivity contribution in [2.75, 3.05) is 0 Å². The van der Waals surface area contributed by atoms with Gasteiger partial charge in [-0.2, -0.15) is 5.26 Å². The van der Waals surface area contributed by atoms with Crippen LogP contribution in [0.25, 0.3) is 0 Å². The van der Waals surface area contributed by atoms with Crippen molar-refractivity contribution in [3.05, 3.63) is 12.2 Å². The number of ether oxygens (including phenoxy) is 1. The van der Waals surface area contributed by atoms with E-state index in [1.165, 1.54) is 0 Å². The van der Waals surface area contributed by atoms with Crippen molar-refractivity contribution in [1.29, 1.82) is 5.26 Å². The molecule has 0 aromatic rings.